The van der Waals surface area contributed by atoms with E-state index in [1.54, 1.807) is 0 Å². The van der Waals surface area contributed by atoms with Gasteiger partial charge >= 0.3 is 0 Å². The Morgan fingerprint density at radius 3 is 1.33 bits per heavy atom. The maximum atomic E-state index is 6.62. The second kappa shape index (κ2) is 9.11. The molecule has 0 radical (unpaired) electrons. The van der Waals surface area contributed by atoms with Crippen molar-refractivity contribution >= 4 is 65.7 Å². The molecule has 0 saturated carbocycles. The zero-order chi connectivity index (χ0) is 29.5. The van der Waals surface area contributed by atoms with Gasteiger partial charge in [-0.25, -0.2) is 4.98 Å². The van der Waals surface area contributed by atoms with Crippen molar-refractivity contribution in [2.75, 3.05) is 0 Å². The van der Waals surface area contributed by atoms with Gasteiger partial charge in [0.15, 0.2) is 11.6 Å². The van der Waals surface area contributed by atoms with Gasteiger partial charge in [0, 0.05) is 32.7 Å². The van der Waals surface area contributed by atoms with Crippen molar-refractivity contribution in [3.05, 3.63) is 133 Å². The smallest absolute Gasteiger partial charge is 0.238 e. The molecule has 0 N–H and O–H groups in total. The minimum absolute atomic E-state index is 0.522. The van der Waals surface area contributed by atoms with Crippen molar-refractivity contribution in [2.45, 2.75) is 0 Å². The highest BCUT2D eigenvalue weighted by molar-refractivity contribution is 6.30. The molecule has 0 aliphatic carbocycles. The summed E-state index contributed by atoms with van der Waals surface area (Å²) in [4.78, 5) is 15.1. The molecule has 6 heteroatoms. The second-order valence-corrected chi connectivity index (χ2v) is 11.2. The summed E-state index contributed by atoms with van der Waals surface area (Å²) in [5, 5.41) is 6.18. The third-order valence-corrected chi connectivity index (χ3v) is 8.67. The highest BCUT2D eigenvalue weighted by atomic mass is 16.3. The molecule has 10 rings (SSSR count). The number of benzene rings is 6. The van der Waals surface area contributed by atoms with Gasteiger partial charge in [-0.1, -0.05) is 97.1 Å². The maximum absolute atomic E-state index is 6.62. The predicted octanol–water partition coefficient (Wildman–Crippen LogP) is 10.1. The Labute approximate surface area is 255 Å². The molecule has 0 fully saturated rings. The van der Waals surface area contributed by atoms with Crippen molar-refractivity contribution in [2.24, 2.45) is 0 Å². The number of fused-ring (bicyclic) bond motifs is 11. The van der Waals surface area contributed by atoms with E-state index in [1.165, 1.54) is 0 Å². The van der Waals surface area contributed by atoms with E-state index in [2.05, 4.69) is 41.0 Å². The molecule has 6 aromatic carbocycles. The van der Waals surface area contributed by atoms with Crippen molar-refractivity contribution in [1.29, 1.82) is 0 Å². The molecule has 4 heterocycles. The summed E-state index contributed by atoms with van der Waals surface area (Å²) in [6.45, 7) is 0. The highest BCUT2D eigenvalue weighted by Gasteiger charge is 2.24. The summed E-state index contributed by atoms with van der Waals surface area (Å²) >= 11 is 0. The first-order valence-electron chi connectivity index (χ1n) is 14.9. The van der Waals surface area contributed by atoms with Crippen LogP contribution in [0, 0.1) is 0 Å². The molecular formula is C39H22N4O2. The monoisotopic (exact) mass is 578 g/mol. The lowest BCUT2D eigenvalue weighted by molar-refractivity contribution is 0.670. The van der Waals surface area contributed by atoms with Crippen LogP contribution < -0.4 is 0 Å². The summed E-state index contributed by atoms with van der Waals surface area (Å²) in [7, 11) is 0. The largest absolute Gasteiger partial charge is 0.455 e. The molecule has 45 heavy (non-hydrogen) atoms. The molecule has 0 aliphatic rings. The Morgan fingerprint density at radius 2 is 0.844 bits per heavy atom. The van der Waals surface area contributed by atoms with Crippen LogP contribution in [0.1, 0.15) is 0 Å². The van der Waals surface area contributed by atoms with Crippen LogP contribution >= 0.6 is 0 Å². The third kappa shape index (κ3) is 3.48. The van der Waals surface area contributed by atoms with Crippen LogP contribution in [0.2, 0.25) is 0 Å². The number of rotatable bonds is 3. The highest BCUT2D eigenvalue weighted by Crippen LogP contribution is 2.44. The van der Waals surface area contributed by atoms with E-state index in [0.717, 1.165) is 76.8 Å². The fraction of sp³-hybridized carbons (Fsp3) is 0. The van der Waals surface area contributed by atoms with E-state index in [-0.39, 0.29) is 0 Å². The zero-order valence-electron chi connectivity index (χ0n) is 23.8. The van der Waals surface area contributed by atoms with Crippen LogP contribution in [-0.2, 0) is 0 Å². The molecule has 0 atom stereocenters. The van der Waals surface area contributed by atoms with Crippen molar-refractivity contribution in [3.63, 3.8) is 0 Å². The number of hydrogen-bond acceptors (Lipinski definition) is 5. The van der Waals surface area contributed by atoms with E-state index in [1.807, 2.05) is 97.1 Å². The number of aromatic nitrogens is 4. The molecule has 10 aromatic rings. The van der Waals surface area contributed by atoms with Crippen LogP contribution in [0.5, 0.6) is 0 Å². The summed E-state index contributed by atoms with van der Waals surface area (Å²) in [6.07, 6.45) is 0. The average Bonchev–Trinajstić information content (AvgIpc) is 3.78. The van der Waals surface area contributed by atoms with Crippen molar-refractivity contribution < 1.29 is 8.83 Å². The summed E-state index contributed by atoms with van der Waals surface area (Å²) < 4.78 is 15.4. The first-order valence-corrected chi connectivity index (χ1v) is 14.9. The minimum atomic E-state index is 0.522. The predicted molar refractivity (Wildman–Crippen MR) is 180 cm³/mol. The SMILES string of the molecule is c1ccc(-c2nc(-c3ccccc3)nc(-n3c4ccc5c6ccccc6oc5c4c4c5oc6ccccc6c5ccc43)n2)cc1. The summed E-state index contributed by atoms with van der Waals surface area (Å²) in [5.41, 5.74) is 6.99. The summed E-state index contributed by atoms with van der Waals surface area (Å²) in [6, 6.07) is 45.0. The fourth-order valence-corrected chi connectivity index (χ4v) is 6.66. The molecule has 0 aliphatic heterocycles. The maximum Gasteiger partial charge on any atom is 0.238 e. The van der Waals surface area contributed by atoms with Crippen LogP contribution in [0.15, 0.2) is 142 Å². The van der Waals surface area contributed by atoms with Crippen molar-refractivity contribution in [1.82, 2.24) is 19.5 Å². The Morgan fingerprint density at radius 1 is 0.400 bits per heavy atom. The van der Waals surface area contributed by atoms with Gasteiger partial charge in [-0.15, -0.1) is 0 Å². The van der Waals surface area contributed by atoms with Crippen LogP contribution in [0.4, 0.5) is 0 Å². The average molecular weight is 579 g/mol. The Bertz CT molecular complexity index is 2570. The normalized spacial score (nSPS) is 12.0. The van der Waals surface area contributed by atoms with Gasteiger partial charge in [-0.05, 0) is 36.4 Å². The van der Waals surface area contributed by atoms with Gasteiger partial charge in [0.05, 0.1) is 21.8 Å². The van der Waals surface area contributed by atoms with Crippen LogP contribution in [0.25, 0.3) is 94.4 Å². The number of nitrogens with zero attached hydrogens (tertiary/aromatic N) is 4. The van der Waals surface area contributed by atoms with Crippen LogP contribution in [-0.4, -0.2) is 19.5 Å². The molecule has 4 aromatic heterocycles. The minimum Gasteiger partial charge on any atom is -0.455 e. The number of furan rings is 2. The quantitative estimate of drug-likeness (QED) is 0.209. The standard InChI is InChI=1S/C39H22N4O2/c1-3-11-23(12-4-1)37-40-38(24-13-5-2-6-14-24)42-39(41-37)43-29-21-19-27-25-15-7-9-17-31(25)44-35(27)33(29)34-30(43)22-20-28-26-16-8-10-18-32(26)45-36(28)34/h1-22H. The Kier molecular flexibility index (Phi) is 4.90. The van der Waals surface area contributed by atoms with Crippen LogP contribution in [0.3, 0.4) is 0 Å². The lowest BCUT2D eigenvalue weighted by atomic mass is 10.1. The molecule has 0 bridgehead atoms. The Balaban J connectivity index is 1.39. The van der Waals surface area contributed by atoms with Gasteiger partial charge in [0.25, 0.3) is 0 Å². The van der Waals surface area contributed by atoms with Gasteiger partial charge < -0.3 is 8.83 Å². The molecular weight excluding hydrogens is 556 g/mol. The summed E-state index contributed by atoms with van der Waals surface area (Å²) in [5.74, 6) is 1.72. The second-order valence-electron chi connectivity index (χ2n) is 11.2. The number of para-hydroxylation sites is 2. The molecule has 0 spiro atoms. The van der Waals surface area contributed by atoms with E-state index in [0.29, 0.717) is 17.6 Å². The van der Waals surface area contributed by atoms with Gasteiger partial charge in [0.1, 0.15) is 22.3 Å². The first kappa shape index (κ1) is 24.2. The fourth-order valence-electron chi connectivity index (χ4n) is 6.66. The van der Waals surface area contributed by atoms with E-state index >= 15 is 0 Å². The molecule has 210 valence electrons. The lowest BCUT2D eigenvalue weighted by Gasteiger charge is -2.10. The van der Waals surface area contributed by atoms with E-state index in [4.69, 9.17) is 23.8 Å². The first-order chi connectivity index (χ1) is 22.3. The molecule has 0 amide bonds. The topological polar surface area (TPSA) is 69.9 Å². The Hall–Kier alpha value is -6.27. The van der Waals surface area contributed by atoms with Gasteiger partial charge in [-0.3, -0.25) is 4.57 Å². The third-order valence-electron chi connectivity index (χ3n) is 8.67. The van der Waals surface area contributed by atoms with E-state index in [9.17, 15) is 0 Å². The van der Waals surface area contributed by atoms with E-state index < -0.39 is 0 Å². The zero-order valence-corrected chi connectivity index (χ0v) is 23.8. The molecule has 0 saturated heterocycles. The number of hydrogen-bond donors (Lipinski definition) is 0. The van der Waals surface area contributed by atoms with Crippen molar-refractivity contribution in [3.8, 4) is 28.7 Å². The van der Waals surface area contributed by atoms with Gasteiger partial charge in [-0.2, -0.15) is 9.97 Å². The van der Waals surface area contributed by atoms with Gasteiger partial charge in [0.2, 0.25) is 5.95 Å². The molecule has 0 unspecified atom stereocenters. The lowest BCUT2D eigenvalue weighted by Crippen LogP contribution is -2.06. The molecule has 6 nitrogen and oxygen atoms in total.